The SMILES string of the molecule is C=NC=NCC#N.CCCC. The van der Waals surface area contributed by atoms with Gasteiger partial charge in [-0.25, -0.2) is 0 Å². The average molecular weight is 153 g/mol. The molecule has 0 aliphatic carbocycles. The molecule has 0 saturated carbocycles. The van der Waals surface area contributed by atoms with Gasteiger partial charge in [-0.1, -0.05) is 26.7 Å². The molecule has 0 rings (SSSR count). The largest absolute Gasteiger partial charge is 0.258 e. The Kier molecular flexibility index (Phi) is 18.1. The lowest BCUT2D eigenvalue weighted by molar-refractivity contribution is 0.886. The van der Waals surface area contributed by atoms with Gasteiger partial charge in [0, 0.05) is 0 Å². The second-order valence-electron chi connectivity index (χ2n) is 1.80. The second kappa shape index (κ2) is 15.9. The van der Waals surface area contributed by atoms with Crippen molar-refractivity contribution in [3.8, 4) is 6.07 Å². The van der Waals surface area contributed by atoms with Crippen molar-refractivity contribution >= 4 is 13.1 Å². The van der Waals surface area contributed by atoms with E-state index < -0.39 is 0 Å². The first-order valence-corrected chi connectivity index (χ1v) is 3.64. The highest BCUT2D eigenvalue weighted by molar-refractivity contribution is 5.61. The van der Waals surface area contributed by atoms with E-state index in [0.717, 1.165) is 0 Å². The van der Waals surface area contributed by atoms with Crippen LogP contribution in [-0.2, 0) is 0 Å². The Hall–Kier alpha value is -1.17. The van der Waals surface area contributed by atoms with Crippen molar-refractivity contribution in [2.75, 3.05) is 6.54 Å². The third kappa shape index (κ3) is 28.1. The Morgan fingerprint density at radius 2 is 2.00 bits per heavy atom. The lowest BCUT2D eigenvalue weighted by atomic mass is 10.4. The Balaban J connectivity index is 0. The summed E-state index contributed by atoms with van der Waals surface area (Å²) < 4.78 is 0. The van der Waals surface area contributed by atoms with Crippen LogP contribution in [0.1, 0.15) is 26.7 Å². The van der Waals surface area contributed by atoms with E-state index >= 15 is 0 Å². The van der Waals surface area contributed by atoms with Crippen molar-refractivity contribution in [2.24, 2.45) is 9.98 Å². The highest BCUT2D eigenvalue weighted by atomic mass is 14.8. The number of nitrogens with zero attached hydrogens (tertiary/aromatic N) is 3. The molecular weight excluding hydrogens is 138 g/mol. The number of hydrogen-bond donors (Lipinski definition) is 0. The van der Waals surface area contributed by atoms with Gasteiger partial charge in [0.25, 0.3) is 0 Å². The van der Waals surface area contributed by atoms with Crippen molar-refractivity contribution in [2.45, 2.75) is 26.7 Å². The molecule has 0 aromatic rings. The van der Waals surface area contributed by atoms with Gasteiger partial charge in [-0.2, -0.15) is 5.26 Å². The summed E-state index contributed by atoms with van der Waals surface area (Å²) in [5, 5.41) is 7.87. The van der Waals surface area contributed by atoms with Gasteiger partial charge >= 0.3 is 0 Å². The molecule has 0 N–H and O–H groups in total. The van der Waals surface area contributed by atoms with E-state index in [2.05, 4.69) is 30.5 Å². The molecule has 0 amide bonds. The molecular formula is C8H15N3. The molecule has 0 atom stereocenters. The molecule has 0 unspecified atom stereocenters. The number of aliphatic imine (C=N–C) groups is 2. The number of nitriles is 1. The molecule has 0 aromatic heterocycles. The second-order valence-corrected chi connectivity index (χ2v) is 1.80. The van der Waals surface area contributed by atoms with E-state index in [1.807, 2.05) is 6.07 Å². The minimum atomic E-state index is 0.166. The zero-order chi connectivity index (χ0) is 8.95. The van der Waals surface area contributed by atoms with Crippen LogP contribution in [0.15, 0.2) is 9.98 Å². The van der Waals surface area contributed by atoms with Gasteiger partial charge in [-0.05, 0) is 6.72 Å². The minimum absolute atomic E-state index is 0.166. The van der Waals surface area contributed by atoms with E-state index in [4.69, 9.17) is 5.26 Å². The third-order valence-electron chi connectivity index (χ3n) is 0.825. The fraction of sp³-hybridized carbons (Fsp3) is 0.625. The Morgan fingerprint density at radius 1 is 1.45 bits per heavy atom. The lowest BCUT2D eigenvalue weighted by Gasteiger charge is -1.68. The van der Waals surface area contributed by atoms with Crippen molar-refractivity contribution in [1.82, 2.24) is 0 Å². The molecule has 3 nitrogen and oxygen atoms in total. The molecule has 0 fully saturated rings. The smallest absolute Gasteiger partial charge is 0.127 e. The summed E-state index contributed by atoms with van der Waals surface area (Å²) in [6, 6.07) is 1.82. The minimum Gasteiger partial charge on any atom is -0.258 e. The first kappa shape index (κ1) is 12.5. The molecule has 62 valence electrons. The van der Waals surface area contributed by atoms with Crippen LogP contribution in [0.4, 0.5) is 0 Å². The zero-order valence-corrected chi connectivity index (χ0v) is 7.25. The molecule has 0 heterocycles. The van der Waals surface area contributed by atoms with Gasteiger partial charge in [0.05, 0.1) is 6.07 Å². The Bertz CT molecular complexity index is 131. The van der Waals surface area contributed by atoms with E-state index in [1.54, 1.807) is 0 Å². The van der Waals surface area contributed by atoms with Crippen LogP contribution in [0.25, 0.3) is 0 Å². The standard InChI is InChI=1S/C4H5N3.C4H10/c1-6-4-7-3-2-5;1-3-4-2/h4H,1,3H2;3-4H2,1-2H3. The summed E-state index contributed by atoms with van der Waals surface area (Å²) in [7, 11) is 0. The van der Waals surface area contributed by atoms with Gasteiger partial charge in [0.15, 0.2) is 0 Å². The molecule has 0 aromatic carbocycles. The summed E-state index contributed by atoms with van der Waals surface area (Å²) in [5.41, 5.74) is 0. The van der Waals surface area contributed by atoms with Crippen LogP contribution in [0.5, 0.6) is 0 Å². The number of rotatable bonds is 3. The third-order valence-corrected chi connectivity index (χ3v) is 0.825. The molecule has 0 spiro atoms. The zero-order valence-electron chi connectivity index (χ0n) is 7.25. The van der Waals surface area contributed by atoms with Crippen LogP contribution >= 0.6 is 0 Å². The van der Waals surface area contributed by atoms with E-state index in [9.17, 15) is 0 Å². The van der Waals surface area contributed by atoms with Crippen molar-refractivity contribution in [3.05, 3.63) is 0 Å². The molecule has 0 bridgehead atoms. The summed E-state index contributed by atoms with van der Waals surface area (Å²) in [5.74, 6) is 0. The van der Waals surface area contributed by atoms with E-state index in [0.29, 0.717) is 0 Å². The van der Waals surface area contributed by atoms with Gasteiger partial charge in [-0.3, -0.25) is 9.98 Å². The van der Waals surface area contributed by atoms with Gasteiger partial charge < -0.3 is 0 Å². The fourth-order valence-corrected chi connectivity index (χ4v) is 0.139. The molecule has 0 aliphatic rings. The maximum atomic E-state index is 7.87. The van der Waals surface area contributed by atoms with Crippen LogP contribution < -0.4 is 0 Å². The van der Waals surface area contributed by atoms with Crippen molar-refractivity contribution in [3.63, 3.8) is 0 Å². The topological polar surface area (TPSA) is 48.5 Å². The Labute approximate surface area is 68.5 Å². The van der Waals surface area contributed by atoms with Gasteiger partial charge in [0.2, 0.25) is 0 Å². The van der Waals surface area contributed by atoms with Crippen LogP contribution in [0.3, 0.4) is 0 Å². The quantitative estimate of drug-likeness (QED) is 0.347. The predicted octanol–water partition coefficient (Wildman–Crippen LogP) is 2.05. The number of unbranched alkanes of at least 4 members (excludes halogenated alkanes) is 1. The first-order valence-electron chi connectivity index (χ1n) is 3.64. The molecule has 11 heavy (non-hydrogen) atoms. The van der Waals surface area contributed by atoms with E-state index in [-0.39, 0.29) is 6.54 Å². The highest BCUT2D eigenvalue weighted by Crippen LogP contribution is 1.76. The van der Waals surface area contributed by atoms with Crippen LogP contribution in [-0.4, -0.2) is 19.6 Å². The predicted molar refractivity (Wildman–Crippen MR) is 49.1 cm³/mol. The van der Waals surface area contributed by atoms with Crippen LogP contribution in [0, 0.1) is 11.3 Å². The summed E-state index contributed by atoms with van der Waals surface area (Å²) in [4.78, 5) is 6.77. The fourth-order valence-electron chi connectivity index (χ4n) is 0.139. The number of hydrogen-bond acceptors (Lipinski definition) is 2. The van der Waals surface area contributed by atoms with Gasteiger partial charge in [0.1, 0.15) is 12.9 Å². The molecule has 0 radical (unpaired) electrons. The summed E-state index contributed by atoms with van der Waals surface area (Å²) >= 11 is 0. The van der Waals surface area contributed by atoms with Gasteiger partial charge in [-0.15, -0.1) is 0 Å². The normalized spacial score (nSPS) is 8.09. The average Bonchev–Trinajstić information content (AvgIpc) is 2.06. The highest BCUT2D eigenvalue weighted by Gasteiger charge is 1.63. The first-order chi connectivity index (χ1) is 5.33. The lowest BCUT2D eigenvalue weighted by Crippen LogP contribution is -1.69. The monoisotopic (exact) mass is 153 g/mol. The van der Waals surface area contributed by atoms with E-state index in [1.165, 1.54) is 19.2 Å². The molecule has 0 aliphatic heterocycles. The maximum Gasteiger partial charge on any atom is 0.127 e. The van der Waals surface area contributed by atoms with Crippen molar-refractivity contribution in [1.29, 1.82) is 5.26 Å². The maximum absolute atomic E-state index is 7.87. The van der Waals surface area contributed by atoms with Crippen LogP contribution in [0.2, 0.25) is 0 Å². The molecule has 3 heteroatoms. The van der Waals surface area contributed by atoms with Crippen molar-refractivity contribution < 1.29 is 0 Å². The Morgan fingerprint density at radius 3 is 2.27 bits per heavy atom. The summed E-state index contributed by atoms with van der Waals surface area (Å²) in [6.07, 6.45) is 3.89. The summed E-state index contributed by atoms with van der Waals surface area (Å²) in [6.45, 7) is 7.65. The molecule has 0 saturated heterocycles.